The van der Waals surface area contributed by atoms with Crippen LogP contribution in [0.15, 0.2) is 0 Å². The largest absolute Gasteiger partial charge is 0.370 e. The van der Waals surface area contributed by atoms with Gasteiger partial charge in [0, 0.05) is 25.2 Å². The van der Waals surface area contributed by atoms with E-state index in [1.807, 2.05) is 0 Å². The van der Waals surface area contributed by atoms with Crippen LogP contribution in [0.5, 0.6) is 0 Å². The van der Waals surface area contributed by atoms with Gasteiger partial charge in [0.2, 0.25) is 5.95 Å². The van der Waals surface area contributed by atoms with Gasteiger partial charge < -0.3 is 10.2 Å². The van der Waals surface area contributed by atoms with Crippen molar-refractivity contribution in [2.75, 3.05) is 29.9 Å². The van der Waals surface area contributed by atoms with Crippen molar-refractivity contribution in [3.63, 3.8) is 0 Å². The molecule has 0 aliphatic heterocycles. The first-order chi connectivity index (χ1) is 8.17. The van der Waals surface area contributed by atoms with Crippen LogP contribution < -0.4 is 10.2 Å². The minimum absolute atomic E-state index is 0.841. The predicted octanol–water partition coefficient (Wildman–Crippen LogP) is 2.63. The first-order valence-corrected chi connectivity index (χ1v) is 6.54. The highest BCUT2D eigenvalue weighted by molar-refractivity contribution is 5.50. The number of hydrogen-bond acceptors (Lipinski definition) is 4. The molecule has 0 atom stereocenters. The summed E-state index contributed by atoms with van der Waals surface area (Å²) < 4.78 is 0. The fraction of sp³-hybridized carbons (Fsp3) is 0.692. The Morgan fingerprint density at radius 3 is 2.18 bits per heavy atom. The average molecular weight is 236 g/mol. The molecule has 0 bridgehead atoms. The SMILES string of the molecule is CCNc1nc(N(CC)CC)nc(CC)c1C. The summed E-state index contributed by atoms with van der Waals surface area (Å²) in [6.45, 7) is 13.3. The maximum absolute atomic E-state index is 4.65. The van der Waals surface area contributed by atoms with E-state index < -0.39 is 0 Å². The van der Waals surface area contributed by atoms with Gasteiger partial charge in [-0.05, 0) is 34.1 Å². The van der Waals surface area contributed by atoms with Crippen LogP contribution in [0.3, 0.4) is 0 Å². The zero-order valence-electron chi connectivity index (χ0n) is 11.7. The quantitative estimate of drug-likeness (QED) is 0.824. The third kappa shape index (κ3) is 3.08. The summed E-state index contributed by atoms with van der Waals surface area (Å²) in [6.07, 6.45) is 0.945. The van der Waals surface area contributed by atoms with Crippen molar-refractivity contribution >= 4 is 11.8 Å². The minimum Gasteiger partial charge on any atom is -0.370 e. The van der Waals surface area contributed by atoms with E-state index in [9.17, 15) is 0 Å². The van der Waals surface area contributed by atoms with Crippen LogP contribution in [0.2, 0.25) is 0 Å². The Bertz CT molecular complexity index is 359. The summed E-state index contributed by atoms with van der Waals surface area (Å²) in [5.74, 6) is 1.81. The Labute approximate surface area is 104 Å². The molecule has 0 saturated carbocycles. The number of nitrogens with one attached hydrogen (secondary N) is 1. The topological polar surface area (TPSA) is 41.1 Å². The van der Waals surface area contributed by atoms with E-state index in [0.29, 0.717) is 0 Å². The maximum Gasteiger partial charge on any atom is 0.227 e. The fourth-order valence-electron chi connectivity index (χ4n) is 1.88. The van der Waals surface area contributed by atoms with E-state index in [4.69, 9.17) is 0 Å². The Kier molecular flexibility index (Phi) is 5.19. The molecule has 96 valence electrons. The number of rotatable bonds is 6. The molecule has 17 heavy (non-hydrogen) atoms. The van der Waals surface area contributed by atoms with Crippen molar-refractivity contribution in [2.24, 2.45) is 0 Å². The van der Waals surface area contributed by atoms with Crippen LogP contribution in [-0.2, 0) is 6.42 Å². The highest BCUT2D eigenvalue weighted by atomic mass is 15.3. The van der Waals surface area contributed by atoms with Crippen molar-refractivity contribution in [1.82, 2.24) is 9.97 Å². The highest BCUT2D eigenvalue weighted by Gasteiger charge is 2.12. The summed E-state index contributed by atoms with van der Waals surface area (Å²) in [5.41, 5.74) is 2.31. The lowest BCUT2D eigenvalue weighted by atomic mass is 10.2. The second kappa shape index (κ2) is 6.42. The molecule has 0 unspecified atom stereocenters. The molecule has 0 fully saturated rings. The van der Waals surface area contributed by atoms with Crippen LogP contribution in [-0.4, -0.2) is 29.6 Å². The number of hydrogen-bond donors (Lipinski definition) is 1. The predicted molar refractivity (Wildman–Crippen MR) is 73.9 cm³/mol. The molecule has 1 aromatic rings. The minimum atomic E-state index is 0.841. The molecule has 0 saturated heterocycles. The van der Waals surface area contributed by atoms with Gasteiger partial charge in [-0.15, -0.1) is 0 Å². The van der Waals surface area contributed by atoms with Gasteiger partial charge in [-0.3, -0.25) is 0 Å². The van der Waals surface area contributed by atoms with Crippen molar-refractivity contribution in [3.8, 4) is 0 Å². The molecule has 1 rings (SSSR count). The van der Waals surface area contributed by atoms with Gasteiger partial charge in [-0.2, -0.15) is 4.98 Å². The van der Waals surface area contributed by atoms with Gasteiger partial charge >= 0.3 is 0 Å². The van der Waals surface area contributed by atoms with E-state index in [-0.39, 0.29) is 0 Å². The Hall–Kier alpha value is -1.32. The molecule has 0 aliphatic carbocycles. The lowest BCUT2D eigenvalue weighted by Crippen LogP contribution is -2.25. The summed E-state index contributed by atoms with van der Waals surface area (Å²) in [7, 11) is 0. The smallest absolute Gasteiger partial charge is 0.227 e. The van der Waals surface area contributed by atoms with Gasteiger partial charge in [0.05, 0.1) is 5.69 Å². The van der Waals surface area contributed by atoms with Crippen LogP contribution in [0.25, 0.3) is 0 Å². The Morgan fingerprint density at radius 2 is 1.71 bits per heavy atom. The van der Waals surface area contributed by atoms with Crippen LogP contribution in [0, 0.1) is 6.92 Å². The molecule has 0 aliphatic rings. The Morgan fingerprint density at radius 1 is 1.06 bits per heavy atom. The summed E-state index contributed by atoms with van der Waals surface area (Å²) in [5, 5.41) is 3.32. The van der Waals surface area contributed by atoms with Crippen LogP contribution in [0.1, 0.15) is 39.0 Å². The molecule has 0 spiro atoms. The fourth-order valence-corrected chi connectivity index (χ4v) is 1.88. The van der Waals surface area contributed by atoms with E-state index in [0.717, 1.165) is 43.5 Å². The number of nitrogens with zero attached hydrogens (tertiary/aromatic N) is 3. The first kappa shape index (κ1) is 13.7. The van der Waals surface area contributed by atoms with Gasteiger partial charge in [0.25, 0.3) is 0 Å². The molecular weight excluding hydrogens is 212 g/mol. The molecule has 1 aromatic heterocycles. The van der Waals surface area contributed by atoms with E-state index >= 15 is 0 Å². The molecular formula is C13H24N4. The number of anilines is 2. The van der Waals surface area contributed by atoms with Gasteiger partial charge in [0.15, 0.2) is 0 Å². The molecule has 1 N–H and O–H groups in total. The van der Waals surface area contributed by atoms with Crippen molar-refractivity contribution in [2.45, 2.75) is 41.0 Å². The molecule has 0 aromatic carbocycles. The van der Waals surface area contributed by atoms with Crippen LogP contribution >= 0.6 is 0 Å². The summed E-state index contributed by atoms with van der Waals surface area (Å²) >= 11 is 0. The third-order valence-corrected chi connectivity index (χ3v) is 2.96. The molecule has 0 amide bonds. The number of aromatic nitrogens is 2. The summed E-state index contributed by atoms with van der Waals surface area (Å²) in [4.78, 5) is 11.4. The second-order valence-corrected chi connectivity index (χ2v) is 4.00. The lowest BCUT2D eigenvalue weighted by molar-refractivity contribution is 0.806. The average Bonchev–Trinajstić information content (AvgIpc) is 2.34. The third-order valence-electron chi connectivity index (χ3n) is 2.96. The zero-order chi connectivity index (χ0) is 12.8. The normalized spacial score (nSPS) is 10.4. The van der Waals surface area contributed by atoms with Crippen molar-refractivity contribution in [1.29, 1.82) is 0 Å². The lowest BCUT2D eigenvalue weighted by Gasteiger charge is -2.21. The monoisotopic (exact) mass is 236 g/mol. The molecule has 1 heterocycles. The summed E-state index contributed by atoms with van der Waals surface area (Å²) in [6, 6.07) is 0. The van der Waals surface area contributed by atoms with Crippen molar-refractivity contribution in [3.05, 3.63) is 11.3 Å². The second-order valence-electron chi connectivity index (χ2n) is 4.00. The Balaban J connectivity index is 3.18. The molecule has 4 nitrogen and oxygen atoms in total. The van der Waals surface area contributed by atoms with Crippen molar-refractivity contribution < 1.29 is 0 Å². The van der Waals surface area contributed by atoms with Crippen LogP contribution in [0.4, 0.5) is 11.8 Å². The van der Waals surface area contributed by atoms with Gasteiger partial charge in [-0.1, -0.05) is 6.92 Å². The van der Waals surface area contributed by atoms with E-state index in [1.54, 1.807) is 0 Å². The van der Waals surface area contributed by atoms with Gasteiger partial charge in [-0.25, -0.2) is 4.98 Å². The number of aryl methyl sites for hydroxylation is 1. The highest BCUT2D eigenvalue weighted by Crippen LogP contribution is 2.20. The first-order valence-electron chi connectivity index (χ1n) is 6.54. The van der Waals surface area contributed by atoms with E-state index in [2.05, 4.69) is 54.8 Å². The van der Waals surface area contributed by atoms with E-state index in [1.165, 1.54) is 5.56 Å². The molecule has 4 heteroatoms. The zero-order valence-corrected chi connectivity index (χ0v) is 11.7. The molecule has 0 radical (unpaired) electrons. The standard InChI is InChI=1S/C13H24N4/c1-6-11-10(5)12(14-7-2)16-13(15-11)17(8-3)9-4/h6-9H2,1-5H3,(H,14,15,16). The van der Waals surface area contributed by atoms with Gasteiger partial charge in [0.1, 0.15) is 5.82 Å². The maximum atomic E-state index is 4.65.